The monoisotopic (exact) mass is 662 g/mol. The Hall–Kier alpha value is -2.06. The number of carbonyl (C=O) groups is 3. The zero-order valence-electron chi connectivity index (χ0n) is 29.4. The van der Waals surface area contributed by atoms with Crippen molar-refractivity contribution in [2.75, 3.05) is 18.1 Å². The van der Waals surface area contributed by atoms with E-state index in [4.69, 9.17) is 15.2 Å². The van der Waals surface area contributed by atoms with Gasteiger partial charge >= 0.3 is 11.9 Å². The lowest BCUT2D eigenvalue weighted by Crippen LogP contribution is -2.43. The molecule has 264 valence electrons. The fourth-order valence-corrected chi connectivity index (χ4v) is 6.30. The molecule has 46 heavy (non-hydrogen) atoms. The molecule has 1 aromatic rings. The van der Waals surface area contributed by atoms with Crippen molar-refractivity contribution in [1.29, 1.82) is 0 Å². The van der Waals surface area contributed by atoms with Gasteiger partial charge in [-0.2, -0.15) is 11.8 Å². The van der Waals surface area contributed by atoms with E-state index in [9.17, 15) is 14.4 Å². The maximum Gasteiger partial charge on any atom is 0.306 e. The molecule has 8 heteroatoms. The number of amides is 1. The maximum absolute atomic E-state index is 12.7. The van der Waals surface area contributed by atoms with Crippen LogP contribution in [-0.2, 0) is 23.9 Å². The minimum atomic E-state index is -0.705. The van der Waals surface area contributed by atoms with Crippen LogP contribution < -0.4 is 11.1 Å². The highest BCUT2D eigenvalue weighted by atomic mass is 32.2. The number of carbonyl (C=O) groups excluding carboxylic acids is 3. The van der Waals surface area contributed by atoms with Crippen LogP contribution in [0.5, 0.6) is 0 Å². The molecule has 1 rings (SSSR count). The molecule has 1 amide bonds. The molecule has 0 saturated carbocycles. The van der Waals surface area contributed by atoms with Gasteiger partial charge in [-0.25, -0.2) is 0 Å². The zero-order valence-corrected chi connectivity index (χ0v) is 30.2. The van der Waals surface area contributed by atoms with Gasteiger partial charge in [-0.05, 0) is 25.3 Å². The molecule has 3 N–H and O–H groups in total. The van der Waals surface area contributed by atoms with Gasteiger partial charge in [-0.3, -0.25) is 14.4 Å². The van der Waals surface area contributed by atoms with E-state index in [1.54, 1.807) is 0 Å². The van der Waals surface area contributed by atoms with Gasteiger partial charge in [0.1, 0.15) is 12.7 Å². The Morgan fingerprint density at radius 3 is 1.70 bits per heavy atom. The Balaban J connectivity index is 2.43. The van der Waals surface area contributed by atoms with E-state index in [-0.39, 0.29) is 30.5 Å². The molecule has 7 nitrogen and oxygen atoms in total. The second-order valence-corrected chi connectivity index (χ2v) is 13.8. The Kier molecular flexibility index (Phi) is 26.6. The predicted molar refractivity (Wildman–Crippen MR) is 193 cm³/mol. The van der Waals surface area contributed by atoms with E-state index in [1.807, 2.05) is 37.3 Å². The lowest BCUT2D eigenvalue weighted by molar-refractivity contribution is -0.157. The summed E-state index contributed by atoms with van der Waals surface area (Å²) in [6, 6.07) is 8.90. The number of hydrogen-bond donors (Lipinski definition) is 2. The number of ether oxygens (including phenoxy) is 2. The summed E-state index contributed by atoms with van der Waals surface area (Å²) in [6.45, 7) is 6.42. The molecule has 0 fully saturated rings. The number of hydrogen-bond acceptors (Lipinski definition) is 7. The summed E-state index contributed by atoms with van der Waals surface area (Å²) in [5, 5.41) is 2.97. The van der Waals surface area contributed by atoms with Crippen molar-refractivity contribution in [3.63, 3.8) is 0 Å². The van der Waals surface area contributed by atoms with Crippen molar-refractivity contribution in [2.24, 2.45) is 5.73 Å². The molecule has 0 heterocycles. The third kappa shape index (κ3) is 23.3. The average molecular weight is 663 g/mol. The molecule has 0 bridgehead atoms. The predicted octanol–water partition coefficient (Wildman–Crippen LogP) is 9.22. The lowest BCUT2D eigenvalue weighted by Gasteiger charge is -2.20. The van der Waals surface area contributed by atoms with Gasteiger partial charge in [0.05, 0.1) is 12.1 Å². The summed E-state index contributed by atoms with van der Waals surface area (Å²) in [5.41, 5.74) is 7.20. The SMILES string of the molecule is CCCCCCCCCCCC(=O)OC[C@H](CSC[C@@H](N)C(=O)NC(C)c1ccccc1)OC(=O)CCCCCCCCCCC. The first-order valence-electron chi connectivity index (χ1n) is 18.4. The highest BCUT2D eigenvalue weighted by Crippen LogP contribution is 2.16. The molecule has 0 aliphatic rings. The van der Waals surface area contributed by atoms with Crippen LogP contribution in [0.4, 0.5) is 0 Å². The minimum Gasteiger partial charge on any atom is -0.462 e. The third-order valence-corrected chi connectivity index (χ3v) is 9.50. The minimum absolute atomic E-state index is 0.0270. The van der Waals surface area contributed by atoms with Gasteiger partial charge in [-0.15, -0.1) is 0 Å². The fourth-order valence-electron chi connectivity index (χ4n) is 5.33. The van der Waals surface area contributed by atoms with Gasteiger partial charge < -0.3 is 20.5 Å². The van der Waals surface area contributed by atoms with E-state index < -0.39 is 12.1 Å². The number of rotatable bonds is 30. The zero-order chi connectivity index (χ0) is 33.7. The van der Waals surface area contributed by atoms with Gasteiger partial charge in [0, 0.05) is 24.3 Å². The number of nitrogens with one attached hydrogen (secondary N) is 1. The maximum atomic E-state index is 12.7. The Morgan fingerprint density at radius 2 is 1.17 bits per heavy atom. The summed E-state index contributed by atoms with van der Waals surface area (Å²) >= 11 is 1.44. The molecule has 0 spiro atoms. The van der Waals surface area contributed by atoms with E-state index in [0.717, 1.165) is 44.1 Å². The molecule has 0 aliphatic carbocycles. The largest absolute Gasteiger partial charge is 0.462 e. The highest BCUT2D eigenvalue weighted by Gasteiger charge is 2.21. The topological polar surface area (TPSA) is 108 Å². The Labute approximate surface area is 285 Å². The van der Waals surface area contributed by atoms with Crippen LogP contribution in [0.1, 0.15) is 161 Å². The number of esters is 2. The molecule has 0 saturated heterocycles. The van der Waals surface area contributed by atoms with E-state index in [2.05, 4.69) is 19.2 Å². The van der Waals surface area contributed by atoms with Crippen LogP contribution in [0.15, 0.2) is 30.3 Å². The summed E-state index contributed by atoms with van der Waals surface area (Å²) in [5.74, 6) is 0.0344. The number of benzene rings is 1. The van der Waals surface area contributed by atoms with Gasteiger partial charge in [0.2, 0.25) is 5.91 Å². The first-order chi connectivity index (χ1) is 22.4. The first kappa shape index (κ1) is 42.0. The molecule has 0 aromatic heterocycles. The van der Waals surface area contributed by atoms with E-state index >= 15 is 0 Å². The first-order valence-corrected chi connectivity index (χ1v) is 19.6. The number of nitrogens with two attached hydrogens (primary N) is 1. The van der Waals surface area contributed by atoms with Crippen LogP contribution in [0.25, 0.3) is 0 Å². The summed E-state index contributed by atoms with van der Waals surface area (Å²) in [6.07, 6.45) is 21.5. The highest BCUT2D eigenvalue weighted by molar-refractivity contribution is 7.99. The average Bonchev–Trinajstić information content (AvgIpc) is 3.05. The van der Waals surface area contributed by atoms with Crippen molar-refractivity contribution in [3.05, 3.63) is 35.9 Å². The molecule has 1 aromatic carbocycles. The Bertz CT molecular complexity index is 900. The van der Waals surface area contributed by atoms with Crippen LogP contribution in [0.3, 0.4) is 0 Å². The number of thioether (sulfide) groups is 1. The van der Waals surface area contributed by atoms with Crippen molar-refractivity contribution >= 4 is 29.6 Å². The second-order valence-electron chi connectivity index (χ2n) is 12.7. The van der Waals surface area contributed by atoms with Gasteiger partial charge in [-0.1, -0.05) is 147 Å². The molecule has 0 aliphatic heterocycles. The molecule has 1 unspecified atom stereocenters. The van der Waals surface area contributed by atoms with Crippen molar-refractivity contribution in [1.82, 2.24) is 5.32 Å². The van der Waals surface area contributed by atoms with Gasteiger partial charge in [0.25, 0.3) is 0 Å². The van der Waals surface area contributed by atoms with Crippen LogP contribution in [0, 0.1) is 0 Å². The quantitative estimate of drug-likeness (QED) is 0.0625. The van der Waals surface area contributed by atoms with Crippen LogP contribution in [-0.4, -0.2) is 48.1 Å². The van der Waals surface area contributed by atoms with Crippen molar-refractivity contribution < 1.29 is 23.9 Å². The fraction of sp³-hybridized carbons (Fsp3) is 0.763. The van der Waals surface area contributed by atoms with Gasteiger partial charge in [0.15, 0.2) is 0 Å². The summed E-state index contributed by atoms with van der Waals surface area (Å²) < 4.78 is 11.3. The molecule has 0 radical (unpaired) electrons. The summed E-state index contributed by atoms with van der Waals surface area (Å²) in [4.78, 5) is 37.8. The number of unbranched alkanes of at least 4 members (excludes halogenated alkanes) is 16. The third-order valence-electron chi connectivity index (χ3n) is 8.29. The lowest BCUT2D eigenvalue weighted by atomic mass is 10.1. The normalized spacial score (nSPS) is 13.1. The molecule has 3 atom stereocenters. The molecular formula is C38H66N2O5S. The van der Waals surface area contributed by atoms with Crippen LogP contribution >= 0.6 is 11.8 Å². The second kappa shape index (κ2) is 29.1. The van der Waals surface area contributed by atoms with Crippen LogP contribution in [0.2, 0.25) is 0 Å². The standard InChI is InChI=1S/C38H66N2O5S/c1-4-6-8-10-12-14-16-18-23-27-36(41)44-29-34(45-37(42)28-24-19-17-15-13-11-9-7-5-2)30-46-31-35(39)38(43)40-32(3)33-25-21-20-22-26-33/h20-22,25-26,32,34-35H,4-19,23-24,27-31,39H2,1-3H3,(H,40,43)/t32?,34-,35-/m1/s1. The van der Waals surface area contributed by atoms with Crippen molar-refractivity contribution in [2.45, 2.75) is 167 Å². The van der Waals surface area contributed by atoms with E-state index in [1.165, 1.54) is 88.8 Å². The smallest absolute Gasteiger partial charge is 0.306 e. The molecular weight excluding hydrogens is 596 g/mol. The Morgan fingerprint density at radius 1 is 0.696 bits per heavy atom. The summed E-state index contributed by atoms with van der Waals surface area (Å²) in [7, 11) is 0. The van der Waals surface area contributed by atoms with Crippen molar-refractivity contribution in [3.8, 4) is 0 Å². The van der Waals surface area contributed by atoms with E-state index in [0.29, 0.717) is 24.3 Å².